The number of nitrogens with zero attached hydrogens (tertiary/aromatic N) is 1. The predicted octanol–water partition coefficient (Wildman–Crippen LogP) is 1.98. The van der Waals surface area contributed by atoms with E-state index in [1.807, 2.05) is 0 Å². The van der Waals surface area contributed by atoms with Gasteiger partial charge in [-0.15, -0.1) is 0 Å². The Bertz CT molecular complexity index is 434. The fourth-order valence-electron chi connectivity index (χ4n) is 0.933. The van der Waals surface area contributed by atoms with Gasteiger partial charge in [0.15, 0.2) is 0 Å². The van der Waals surface area contributed by atoms with Gasteiger partial charge in [0.2, 0.25) is 0 Å². The zero-order valence-corrected chi connectivity index (χ0v) is 8.49. The number of nitro benzene ring substituents is 1. The van der Waals surface area contributed by atoms with Crippen LogP contribution in [0.4, 0.5) is 5.69 Å². The second kappa shape index (κ2) is 5.35. The molecule has 0 aromatic heterocycles. The second-order valence-corrected chi connectivity index (χ2v) is 3.10. The fraction of sp³-hybridized carbons (Fsp3) is 0.200. The highest BCUT2D eigenvalue weighted by molar-refractivity contribution is 6.32. The summed E-state index contributed by atoms with van der Waals surface area (Å²) in [6.07, 6.45) is 0.354. The number of nitro groups is 1. The molecule has 0 saturated carbocycles. The molecule has 1 aromatic rings. The van der Waals surface area contributed by atoms with Gasteiger partial charge in [-0.1, -0.05) is 23.4 Å². The average Bonchev–Trinajstić information content (AvgIpc) is 2.20. The largest absolute Gasteiger partial charge is 0.395 e. The average molecular weight is 226 g/mol. The number of aliphatic hydroxyl groups is 1. The van der Waals surface area contributed by atoms with E-state index in [1.165, 1.54) is 18.2 Å². The van der Waals surface area contributed by atoms with E-state index in [9.17, 15) is 10.1 Å². The molecule has 0 unspecified atom stereocenters. The van der Waals surface area contributed by atoms with Gasteiger partial charge < -0.3 is 5.11 Å². The first-order valence-electron chi connectivity index (χ1n) is 4.19. The Morgan fingerprint density at radius 3 is 2.80 bits per heavy atom. The lowest BCUT2D eigenvalue weighted by atomic mass is 10.2. The second-order valence-electron chi connectivity index (χ2n) is 2.70. The summed E-state index contributed by atoms with van der Waals surface area (Å²) in [7, 11) is 0. The molecule has 1 N–H and O–H groups in total. The first kappa shape index (κ1) is 11.5. The lowest BCUT2D eigenvalue weighted by Crippen LogP contribution is -1.88. The molecule has 0 aliphatic heterocycles. The Morgan fingerprint density at radius 1 is 1.53 bits per heavy atom. The van der Waals surface area contributed by atoms with Crippen LogP contribution < -0.4 is 0 Å². The van der Waals surface area contributed by atoms with Gasteiger partial charge in [0.25, 0.3) is 5.69 Å². The lowest BCUT2D eigenvalue weighted by Gasteiger charge is -1.95. The van der Waals surface area contributed by atoms with Crippen molar-refractivity contribution in [2.24, 2.45) is 0 Å². The third kappa shape index (κ3) is 3.24. The summed E-state index contributed by atoms with van der Waals surface area (Å²) in [5, 5.41) is 19.2. The van der Waals surface area contributed by atoms with E-state index in [4.69, 9.17) is 16.7 Å². The molecule has 0 bridgehead atoms. The van der Waals surface area contributed by atoms with Crippen molar-refractivity contribution in [2.45, 2.75) is 6.42 Å². The molecule has 0 spiro atoms. The van der Waals surface area contributed by atoms with Gasteiger partial charge in [0.1, 0.15) is 0 Å². The van der Waals surface area contributed by atoms with Gasteiger partial charge in [0, 0.05) is 24.1 Å². The summed E-state index contributed by atoms with van der Waals surface area (Å²) >= 11 is 5.78. The third-order valence-electron chi connectivity index (χ3n) is 1.62. The van der Waals surface area contributed by atoms with Crippen molar-refractivity contribution in [1.82, 2.24) is 0 Å². The molecule has 5 heteroatoms. The van der Waals surface area contributed by atoms with Crippen LogP contribution in [0.25, 0.3) is 0 Å². The lowest BCUT2D eigenvalue weighted by molar-refractivity contribution is -0.384. The fourth-order valence-corrected chi connectivity index (χ4v) is 1.15. The van der Waals surface area contributed by atoms with E-state index in [-0.39, 0.29) is 17.3 Å². The monoisotopic (exact) mass is 225 g/mol. The number of hydrogen-bond donors (Lipinski definition) is 1. The van der Waals surface area contributed by atoms with E-state index in [0.717, 1.165) is 0 Å². The first-order valence-corrected chi connectivity index (χ1v) is 4.56. The van der Waals surface area contributed by atoms with Gasteiger partial charge in [-0.3, -0.25) is 10.1 Å². The summed E-state index contributed by atoms with van der Waals surface area (Å²) in [5.74, 6) is 5.40. The van der Waals surface area contributed by atoms with Gasteiger partial charge in [0.05, 0.1) is 16.6 Å². The van der Waals surface area contributed by atoms with Crippen LogP contribution in [0.3, 0.4) is 0 Å². The van der Waals surface area contributed by atoms with E-state index in [0.29, 0.717) is 12.0 Å². The standard InChI is InChI=1S/C10H8ClNO3/c11-10-7-9(12(14)15)5-4-8(10)3-1-2-6-13/h4-5,7,13H,2,6H2. The normalized spacial score (nSPS) is 9.20. The molecule has 15 heavy (non-hydrogen) atoms. The smallest absolute Gasteiger partial charge is 0.271 e. The summed E-state index contributed by atoms with van der Waals surface area (Å²) in [6.45, 7) is -0.0163. The van der Waals surface area contributed by atoms with Crippen molar-refractivity contribution < 1.29 is 10.0 Å². The maximum Gasteiger partial charge on any atom is 0.271 e. The Balaban J connectivity index is 2.95. The molecule has 0 heterocycles. The molecule has 0 amide bonds. The van der Waals surface area contributed by atoms with E-state index >= 15 is 0 Å². The highest BCUT2D eigenvalue weighted by atomic mass is 35.5. The predicted molar refractivity (Wildman–Crippen MR) is 56.7 cm³/mol. The maximum absolute atomic E-state index is 10.4. The van der Waals surface area contributed by atoms with Crippen LogP contribution in [0.2, 0.25) is 5.02 Å². The first-order chi connectivity index (χ1) is 7.15. The van der Waals surface area contributed by atoms with Crippen molar-refractivity contribution in [3.63, 3.8) is 0 Å². The Kier molecular flexibility index (Phi) is 4.10. The van der Waals surface area contributed by atoms with Crippen molar-refractivity contribution in [2.75, 3.05) is 6.61 Å². The molecule has 0 atom stereocenters. The summed E-state index contributed by atoms with van der Waals surface area (Å²) in [5.41, 5.74) is 0.462. The van der Waals surface area contributed by atoms with Crippen LogP contribution in [0.1, 0.15) is 12.0 Å². The van der Waals surface area contributed by atoms with Gasteiger partial charge in [-0.05, 0) is 6.07 Å². The van der Waals surface area contributed by atoms with Crippen LogP contribution in [0.15, 0.2) is 18.2 Å². The van der Waals surface area contributed by atoms with Crippen molar-refractivity contribution >= 4 is 17.3 Å². The molecule has 0 aliphatic rings. The van der Waals surface area contributed by atoms with E-state index in [2.05, 4.69) is 11.8 Å². The third-order valence-corrected chi connectivity index (χ3v) is 1.94. The topological polar surface area (TPSA) is 63.4 Å². The quantitative estimate of drug-likeness (QED) is 0.476. The highest BCUT2D eigenvalue weighted by Crippen LogP contribution is 2.21. The molecule has 0 radical (unpaired) electrons. The van der Waals surface area contributed by atoms with Crippen LogP contribution in [-0.4, -0.2) is 16.6 Å². The van der Waals surface area contributed by atoms with Crippen LogP contribution in [-0.2, 0) is 0 Å². The number of halogens is 1. The minimum atomic E-state index is -0.517. The van der Waals surface area contributed by atoms with Crippen molar-refractivity contribution in [3.8, 4) is 11.8 Å². The van der Waals surface area contributed by atoms with Gasteiger partial charge in [-0.25, -0.2) is 0 Å². The number of benzene rings is 1. The Morgan fingerprint density at radius 2 is 2.27 bits per heavy atom. The molecule has 1 rings (SSSR count). The SMILES string of the molecule is O=[N+]([O-])c1ccc(C#CCCO)c(Cl)c1. The van der Waals surface area contributed by atoms with Gasteiger partial charge >= 0.3 is 0 Å². The Labute approximate surface area is 91.6 Å². The summed E-state index contributed by atoms with van der Waals surface area (Å²) < 4.78 is 0. The van der Waals surface area contributed by atoms with Crippen LogP contribution in [0.5, 0.6) is 0 Å². The molecule has 0 fully saturated rings. The maximum atomic E-state index is 10.4. The molecular weight excluding hydrogens is 218 g/mol. The molecule has 0 saturated heterocycles. The molecule has 0 aliphatic carbocycles. The Hall–Kier alpha value is -1.57. The zero-order valence-electron chi connectivity index (χ0n) is 7.74. The molecule has 78 valence electrons. The zero-order chi connectivity index (χ0) is 11.3. The highest BCUT2D eigenvalue weighted by Gasteiger charge is 2.07. The van der Waals surface area contributed by atoms with Crippen molar-refractivity contribution in [3.05, 3.63) is 38.9 Å². The molecule has 4 nitrogen and oxygen atoms in total. The molecular formula is C10H8ClNO3. The number of aliphatic hydroxyl groups excluding tert-OH is 1. The molecule has 1 aromatic carbocycles. The summed E-state index contributed by atoms with van der Waals surface area (Å²) in [6, 6.07) is 4.09. The van der Waals surface area contributed by atoms with Crippen LogP contribution >= 0.6 is 11.6 Å². The summed E-state index contributed by atoms with van der Waals surface area (Å²) in [4.78, 5) is 9.89. The van der Waals surface area contributed by atoms with Gasteiger partial charge in [-0.2, -0.15) is 0 Å². The number of rotatable bonds is 2. The number of hydrogen-bond acceptors (Lipinski definition) is 3. The number of non-ortho nitro benzene ring substituents is 1. The van der Waals surface area contributed by atoms with E-state index < -0.39 is 4.92 Å². The minimum absolute atomic E-state index is 0.0163. The van der Waals surface area contributed by atoms with Crippen molar-refractivity contribution in [1.29, 1.82) is 0 Å². The minimum Gasteiger partial charge on any atom is -0.395 e. The van der Waals surface area contributed by atoms with E-state index in [1.54, 1.807) is 0 Å². The van der Waals surface area contributed by atoms with Crippen LogP contribution in [0, 0.1) is 22.0 Å².